The first-order valence-electron chi connectivity index (χ1n) is 6.04. The molecule has 0 saturated carbocycles. The molecule has 2 amide bonds. The number of primary amides is 1. The number of nitrogens with one attached hydrogen (secondary N) is 2. The van der Waals surface area contributed by atoms with Crippen LogP contribution in [0.25, 0.3) is 0 Å². The van der Waals surface area contributed by atoms with Gasteiger partial charge in [-0.05, 0) is 25.3 Å². The summed E-state index contributed by atoms with van der Waals surface area (Å²) in [5, 5.41) is 2.70. The zero-order valence-electron chi connectivity index (χ0n) is 10.2. The Morgan fingerprint density at radius 1 is 1.56 bits per heavy atom. The average molecular weight is 251 g/mol. The van der Waals surface area contributed by atoms with Gasteiger partial charge in [0, 0.05) is 6.20 Å². The molecule has 4 N–H and O–H groups in total. The zero-order valence-corrected chi connectivity index (χ0v) is 10.2. The van der Waals surface area contributed by atoms with E-state index in [-0.39, 0.29) is 17.7 Å². The van der Waals surface area contributed by atoms with Crippen LogP contribution in [0, 0.1) is 0 Å². The van der Waals surface area contributed by atoms with E-state index in [9.17, 15) is 9.59 Å². The van der Waals surface area contributed by atoms with Crippen LogP contribution >= 0.6 is 0 Å². The molecule has 18 heavy (non-hydrogen) atoms. The largest absolute Gasteiger partial charge is 0.365 e. The summed E-state index contributed by atoms with van der Waals surface area (Å²) in [4.78, 5) is 25.5. The molecule has 1 aliphatic heterocycles. The molecule has 2 atom stereocenters. The summed E-state index contributed by atoms with van der Waals surface area (Å²) in [7, 11) is 0. The number of aromatic amines is 1. The van der Waals surface area contributed by atoms with Gasteiger partial charge in [-0.15, -0.1) is 0 Å². The molecule has 1 aromatic heterocycles. The number of hydrogen-bond acceptors (Lipinski definition) is 3. The van der Waals surface area contributed by atoms with Crippen molar-refractivity contribution in [2.45, 2.75) is 38.4 Å². The molecule has 0 bridgehead atoms. The second kappa shape index (κ2) is 5.22. The van der Waals surface area contributed by atoms with Gasteiger partial charge in [-0.1, -0.05) is 6.92 Å². The third-order valence-corrected chi connectivity index (χ3v) is 3.07. The SMILES string of the molecule is CCC1CCC(C(=O)Nc2c[nH]c(C(N)=O)c2)O1. The van der Waals surface area contributed by atoms with E-state index in [1.807, 2.05) is 6.92 Å². The molecule has 0 spiro atoms. The highest BCUT2D eigenvalue weighted by Gasteiger charge is 2.29. The van der Waals surface area contributed by atoms with Gasteiger partial charge in [0.1, 0.15) is 11.8 Å². The second-order valence-electron chi connectivity index (χ2n) is 4.39. The first kappa shape index (κ1) is 12.6. The Balaban J connectivity index is 1.93. The summed E-state index contributed by atoms with van der Waals surface area (Å²) in [6, 6.07) is 1.51. The van der Waals surface area contributed by atoms with Crippen molar-refractivity contribution in [1.82, 2.24) is 4.98 Å². The topological polar surface area (TPSA) is 97.2 Å². The van der Waals surface area contributed by atoms with Crippen LogP contribution in [0.4, 0.5) is 5.69 Å². The van der Waals surface area contributed by atoms with Crippen molar-refractivity contribution < 1.29 is 14.3 Å². The lowest BCUT2D eigenvalue weighted by molar-refractivity contribution is -0.126. The van der Waals surface area contributed by atoms with Crippen molar-refractivity contribution in [3.63, 3.8) is 0 Å². The molecule has 2 rings (SSSR count). The summed E-state index contributed by atoms with van der Waals surface area (Å²) in [6.07, 6.45) is 3.87. The van der Waals surface area contributed by atoms with Crippen LogP contribution in [0.5, 0.6) is 0 Å². The molecule has 1 aromatic rings. The van der Waals surface area contributed by atoms with Gasteiger partial charge in [-0.2, -0.15) is 0 Å². The van der Waals surface area contributed by atoms with Gasteiger partial charge in [0.05, 0.1) is 11.8 Å². The van der Waals surface area contributed by atoms with Gasteiger partial charge < -0.3 is 20.8 Å². The standard InChI is InChI=1S/C12H17N3O3/c1-2-8-3-4-10(18-8)12(17)15-7-5-9(11(13)16)14-6-7/h5-6,8,10,14H,2-4H2,1H3,(H2,13,16)(H,15,17). The number of hydrogen-bond donors (Lipinski definition) is 3. The molecule has 1 saturated heterocycles. The Morgan fingerprint density at radius 3 is 2.89 bits per heavy atom. The molecule has 6 nitrogen and oxygen atoms in total. The number of amides is 2. The third-order valence-electron chi connectivity index (χ3n) is 3.07. The number of anilines is 1. The highest BCUT2D eigenvalue weighted by Crippen LogP contribution is 2.23. The third kappa shape index (κ3) is 2.70. The Kier molecular flexibility index (Phi) is 3.66. The van der Waals surface area contributed by atoms with Gasteiger partial charge in [0.2, 0.25) is 0 Å². The number of carbonyl (C=O) groups is 2. The smallest absolute Gasteiger partial charge is 0.265 e. The van der Waals surface area contributed by atoms with E-state index < -0.39 is 12.0 Å². The molecule has 0 aliphatic carbocycles. The Morgan fingerprint density at radius 2 is 2.33 bits per heavy atom. The van der Waals surface area contributed by atoms with E-state index in [4.69, 9.17) is 10.5 Å². The van der Waals surface area contributed by atoms with Gasteiger partial charge >= 0.3 is 0 Å². The lowest BCUT2D eigenvalue weighted by Crippen LogP contribution is -2.27. The van der Waals surface area contributed by atoms with Crippen LogP contribution in [0.2, 0.25) is 0 Å². The maximum atomic E-state index is 11.9. The van der Waals surface area contributed by atoms with Crippen molar-refractivity contribution in [3.8, 4) is 0 Å². The van der Waals surface area contributed by atoms with Crippen LogP contribution in [-0.2, 0) is 9.53 Å². The Labute approximate surface area is 105 Å². The van der Waals surface area contributed by atoms with E-state index in [2.05, 4.69) is 10.3 Å². The van der Waals surface area contributed by atoms with Gasteiger partial charge in [0.15, 0.2) is 0 Å². The van der Waals surface area contributed by atoms with E-state index in [1.54, 1.807) is 0 Å². The molecule has 1 fully saturated rings. The summed E-state index contributed by atoms with van der Waals surface area (Å²) >= 11 is 0. The summed E-state index contributed by atoms with van der Waals surface area (Å²) in [5.41, 5.74) is 5.90. The average Bonchev–Trinajstić information content (AvgIpc) is 2.96. The van der Waals surface area contributed by atoms with Crippen molar-refractivity contribution in [3.05, 3.63) is 18.0 Å². The predicted molar refractivity (Wildman–Crippen MR) is 66.1 cm³/mol. The lowest BCUT2D eigenvalue weighted by atomic mass is 10.1. The van der Waals surface area contributed by atoms with Crippen LogP contribution < -0.4 is 11.1 Å². The first-order valence-corrected chi connectivity index (χ1v) is 6.04. The minimum Gasteiger partial charge on any atom is -0.365 e. The molecular formula is C12H17N3O3. The predicted octanol–water partition coefficient (Wildman–Crippen LogP) is 1.01. The van der Waals surface area contributed by atoms with E-state index >= 15 is 0 Å². The number of nitrogens with two attached hydrogens (primary N) is 1. The number of rotatable bonds is 4. The maximum absolute atomic E-state index is 11.9. The van der Waals surface area contributed by atoms with Crippen molar-refractivity contribution in [2.75, 3.05) is 5.32 Å². The van der Waals surface area contributed by atoms with E-state index in [0.717, 1.165) is 19.3 Å². The summed E-state index contributed by atoms with van der Waals surface area (Å²) in [6.45, 7) is 2.04. The van der Waals surface area contributed by atoms with Crippen LogP contribution in [0.15, 0.2) is 12.3 Å². The van der Waals surface area contributed by atoms with Gasteiger partial charge in [-0.3, -0.25) is 9.59 Å². The van der Waals surface area contributed by atoms with Gasteiger partial charge in [0.25, 0.3) is 11.8 Å². The molecule has 98 valence electrons. The number of H-pyrrole nitrogens is 1. The minimum absolute atomic E-state index is 0.174. The molecule has 2 heterocycles. The second-order valence-corrected chi connectivity index (χ2v) is 4.39. The minimum atomic E-state index is -0.557. The quantitative estimate of drug-likeness (QED) is 0.744. The molecule has 6 heteroatoms. The Hall–Kier alpha value is -1.82. The molecule has 0 radical (unpaired) electrons. The monoisotopic (exact) mass is 251 g/mol. The molecular weight excluding hydrogens is 234 g/mol. The first-order chi connectivity index (χ1) is 8.60. The molecule has 2 unspecified atom stereocenters. The lowest BCUT2D eigenvalue weighted by Gasteiger charge is -2.11. The fraction of sp³-hybridized carbons (Fsp3) is 0.500. The number of ether oxygens (including phenoxy) is 1. The highest BCUT2D eigenvalue weighted by molar-refractivity contribution is 5.97. The molecule has 0 aromatic carbocycles. The van der Waals surface area contributed by atoms with Crippen LogP contribution in [-0.4, -0.2) is 29.0 Å². The van der Waals surface area contributed by atoms with Crippen molar-refractivity contribution in [1.29, 1.82) is 0 Å². The summed E-state index contributed by atoms with van der Waals surface area (Å²) in [5.74, 6) is -0.736. The molecule has 1 aliphatic rings. The number of aromatic nitrogens is 1. The fourth-order valence-electron chi connectivity index (χ4n) is 2.03. The van der Waals surface area contributed by atoms with E-state index in [0.29, 0.717) is 5.69 Å². The van der Waals surface area contributed by atoms with Crippen LogP contribution in [0.1, 0.15) is 36.7 Å². The highest BCUT2D eigenvalue weighted by atomic mass is 16.5. The summed E-state index contributed by atoms with van der Waals surface area (Å²) < 4.78 is 5.58. The zero-order chi connectivity index (χ0) is 13.1. The van der Waals surface area contributed by atoms with Gasteiger partial charge in [-0.25, -0.2) is 0 Å². The number of carbonyl (C=O) groups excluding carboxylic acids is 2. The van der Waals surface area contributed by atoms with Crippen molar-refractivity contribution >= 4 is 17.5 Å². The normalized spacial score (nSPS) is 22.9. The van der Waals surface area contributed by atoms with Crippen LogP contribution in [0.3, 0.4) is 0 Å². The van der Waals surface area contributed by atoms with E-state index in [1.165, 1.54) is 12.3 Å². The fourth-order valence-corrected chi connectivity index (χ4v) is 2.03. The Bertz CT molecular complexity index is 455. The maximum Gasteiger partial charge on any atom is 0.265 e. The van der Waals surface area contributed by atoms with Crippen molar-refractivity contribution in [2.24, 2.45) is 5.73 Å².